The Morgan fingerprint density at radius 1 is 1.57 bits per heavy atom. The maximum Gasteiger partial charge on any atom is 0.224 e. The molecule has 1 N–H and O–H groups in total. The van der Waals surface area contributed by atoms with Crippen molar-refractivity contribution in [3.8, 4) is 0 Å². The van der Waals surface area contributed by atoms with Crippen LogP contribution in [0.5, 0.6) is 0 Å². The quantitative estimate of drug-likeness (QED) is 0.582. The van der Waals surface area contributed by atoms with Crippen LogP contribution in [0.2, 0.25) is 5.28 Å². The first-order valence-electron chi connectivity index (χ1n) is 4.63. The number of nitrogens with one attached hydrogen (secondary N) is 1. The minimum atomic E-state index is 0.264. The molecule has 1 rings (SSSR count). The molecule has 0 fully saturated rings. The number of aromatic nitrogens is 2. The van der Waals surface area contributed by atoms with Crippen LogP contribution >= 0.6 is 11.6 Å². The van der Waals surface area contributed by atoms with Crippen molar-refractivity contribution in [1.82, 2.24) is 9.97 Å². The van der Waals surface area contributed by atoms with E-state index in [-0.39, 0.29) is 5.28 Å². The summed E-state index contributed by atoms with van der Waals surface area (Å²) in [6.07, 6.45) is 2.58. The van der Waals surface area contributed by atoms with E-state index < -0.39 is 0 Å². The zero-order chi connectivity index (χ0) is 10.2. The minimum absolute atomic E-state index is 0.264. The zero-order valence-electron chi connectivity index (χ0n) is 8.16. The molecule has 0 aliphatic heterocycles. The van der Waals surface area contributed by atoms with Crippen LogP contribution in [0, 0.1) is 0 Å². The first-order valence-corrected chi connectivity index (χ1v) is 5.01. The van der Waals surface area contributed by atoms with Gasteiger partial charge in [0.15, 0.2) is 0 Å². The number of hydrogen-bond donors (Lipinski definition) is 1. The second-order valence-corrected chi connectivity index (χ2v) is 3.03. The van der Waals surface area contributed by atoms with Crippen LogP contribution in [-0.4, -0.2) is 29.7 Å². The van der Waals surface area contributed by atoms with Crippen molar-refractivity contribution in [3.05, 3.63) is 17.5 Å². The number of rotatable bonds is 6. The lowest BCUT2D eigenvalue weighted by Crippen LogP contribution is -2.06. The maximum absolute atomic E-state index is 5.62. The van der Waals surface area contributed by atoms with Crippen LogP contribution in [0.1, 0.15) is 13.3 Å². The molecule has 1 aromatic rings. The summed E-state index contributed by atoms with van der Waals surface area (Å²) in [6, 6.07) is 1.78. The Morgan fingerprint density at radius 3 is 3.14 bits per heavy atom. The van der Waals surface area contributed by atoms with Crippen LogP contribution in [0.25, 0.3) is 0 Å². The summed E-state index contributed by atoms with van der Waals surface area (Å²) in [4.78, 5) is 7.78. The van der Waals surface area contributed by atoms with Gasteiger partial charge in [0.1, 0.15) is 5.82 Å². The Balaban J connectivity index is 2.18. The Hall–Kier alpha value is -0.870. The van der Waals surface area contributed by atoms with E-state index in [1.54, 1.807) is 12.3 Å². The van der Waals surface area contributed by atoms with E-state index >= 15 is 0 Å². The molecule has 0 atom stereocenters. The molecule has 0 unspecified atom stereocenters. The van der Waals surface area contributed by atoms with Gasteiger partial charge in [-0.2, -0.15) is 0 Å². The summed E-state index contributed by atoms with van der Waals surface area (Å²) in [5.41, 5.74) is 0. The molecule has 0 saturated carbocycles. The molecular formula is C9H14ClN3O. The average molecular weight is 216 g/mol. The van der Waals surface area contributed by atoms with E-state index in [1.165, 1.54) is 0 Å². The maximum atomic E-state index is 5.62. The fraction of sp³-hybridized carbons (Fsp3) is 0.556. The fourth-order valence-corrected chi connectivity index (χ4v) is 1.12. The van der Waals surface area contributed by atoms with E-state index in [2.05, 4.69) is 15.3 Å². The molecular weight excluding hydrogens is 202 g/mol. The first-order chi connectivity index (χ1) is 6.83. The van der Waals surface area contributed by atoms with Crippen molar-refractivity contribution in [3.63, 3.8) is 0 Å². The number of nitrogens with zero attached hydrogens (tertiary/aromatic N) is 2. The van der Waals surface area contributed by atoms with Crippen LogP contribution in [-0.2, 0) is 4.74 Å². The van der Waals surface area contributed by atoms with Crippen LogP contribution in [0.3, 0.4) is 0 Å². The molecule has 0 aliphatic rings. The molecule has 1 aromatic heterocycles. The normalized spacial score (nSPS) is 10.1. The van der Waals surface area contributed by atoms with Gasteiger partial charge in [0, 0.05) is 26.0 Å². The molecule has 0 bridgehead atoms. The van der Waals surface area contributed by atoms with Crippen molar-refractivity contribution < 1.29 is 4.74 Å². The average Bonchev–Trinajstić information content (AvgIpc) is 2.18. The monoisotopic (exact) mass is 215 g/mol. The van der Waals surface area contributed by atoms with Gasteiger partial charge >= 0.3 is 0 Å². The summed E-state index contributed by atoms with van der Waals surface area (Å²) in [6.45, 7) is 4.34. The molecule has 5 heteroatoms. The molecule has 0 amide bonds. The third-order valence-electron chi connectivity index (χ3n) is 1.60. The highest BCUT2D eigenvalue weighted by Gasteiger charge is 1.94. The first kappa shape index (κ1) is 11.2. The zero-order valence-corrected chi connectivity index (χ0v) is 8.92. The SMILES string of the molecule is CCOCCCNc1ccnc(Cl)n1. The molecule has 0 aromatic carbocycles. The van der Waals surface area contributed by atoms with Crippen molar-refractivity contribution in [2.24, 2.45) is 0 Å². The Bertz CT molecular complexity index is 270. The Labute approximate surface area is 88.7 Å². The smallest absolute Gasteiger partial charge is 0.224 e. The molecule has 0 radical (unpaired) electrons. The molecule has 0 aliphatic carbocycles. The van der Waals surface area contributed by atoms with Gasteiger partial charge in [0.25, 0.3) is 0 Å². The third kappa shape index (κ3) is 4.39. The van der Waals surface area contributed by atoms with Crippen molar-refractivity contribution >= 4 is 17.4 Å². The molecule has 14 heavy (non-hydrogen) atoms. The van der Waals surface area contributed by atoms with E-state index in [0.717, 1.165) is 32.0 Å². The highest BCUT2D eigenvalue weighted by molar-refractivity contribution is 6.28. The van der Waals surface area contributed by atoms with Gasteiger partial charge in [0.2, 0.25) is 5.28 Å². The van der Waals surface area contributed by atoms with Crippen LogP contribution in [0.4, 0.5) is 5.82 Å². The number of ether oxygens (including phenoxy) is 1. The van der Waals surface area contributed by atoms with Gasteiger partial charge < -0.3 is 10.1 Å². The van der Waals surface area contributed by atoms with Gasteiger partial charge in [-0.25, -0.2) is 9.97 Å². The molecule has 4 nitrogen and oxygen atoms in total. The summed E-state index contributed by atoms with van der Waals surface area (Å²) in [7, 11) is 0. The molecule has 0 saturated heterocycles. The van der Waals surface area contributed by atoms with E-state index in [1.807, 2.05) is 6.92 Å². The summed E-state index contributed by atoms with van der Waals surface area (Å²) in [5, 5.41) is 3.39. The highest BCUT2D eigenvalue weighted by Crippen LogP contribution is 2.05. The van der Waals surface area contributed by atoms with Gasteiger partial charge in [-0.1, -0.05) is 0 Å². The lowest BCUT2D eigenvalue weighted by atomic mass is 10.4. The van der Waals surface area contributed by atoms with Crippen molar-refractivity contribution in [2.45, 2.75) is 13.3 Å². The molecule has 1 heterocycles. The fourth-order valence-electron chi connectivity index (χ4n) is 0.968. The second-order valence-electron chi connectivity index (χ2n) is 2.69. The second kappa shape index (κ2) is 6.56. The van der Waals surface area contributed by atoms with E-state index in [0.29, 0.717) is 0 Å². The van der Waals surface area contributed by atoms with Gasteiger partial charge in [-0.15, -0.1) is 0 Å². The van der Waals surface area contributed by atoms with Crippen LogP contribution < -0.4 is 5.32 Å². The van der Waals surface area contributed by atoms with Crippen molar-refractivity contribution in [1.29, 1.82) is 0 Å². The molecule has 78 valence electrons. The Morgan fingerprint density at radius 2 is 2.43 bits per heavy atom. The van der Waals surface area contributed by atoms with E-state index in [9.17, 15) is 0 Å². The summed E-state index contributed by atoms with van der Waals surface area (Å²) >= 11 is 5.62. The lowest BCUT2D eigenvalue weighted by molar-refractivity contribution is 0.147. The number of hydrogen-bond acceptors (Lipinski definition) is 4. The highest BCUT2D eigenvalue weighted by atomic mass is 35.5. The van der Waals surface area contributed by atoms with Gasteiger partial charge in [0.05, 0.1) is 0 Å². The van der Waals surface area contributed by atoms with E-state index in [4.69, 9.17) is 16.3 Å². The Kier molecular flexibility index (Phi) is 5.25. The number of halogens is 1. The molecule has 0 spiro atoms. The summed E-state index contributed by atoms with van der Waals surface area (Å²) in [5.74, 6) is 0.751. The summed E-state index contributed by atoms with van der Waals surface area (Å²) < 4.78 is 5.20. The lowest BCUT2D eigenvalue weighted by Gasteiger charge is -2.04. The predicted molar refractivity (Wildman–Crippen MR) is 56.6 cm³/mol. The van der Waals surface area contributed by atoms with Crippen molar-refractivity contribution in [2.75, 3.05) is 25.1 Å². The number of anilines is 1. The van der Waals surface area contributed by atoms with Gasteiger partial charge in [-0.05, 0) is 31.0 Å². The standard InChI is InChI=1S/C9H14ClN3O/c1-2-14-7-3-5-11-8-4-6-12-9(10)13-8/h4,6H,2-3,5,7H2,1H3,(H,11,12,13). The minimum Gasteiger partial charge on any atom is -0.382 e. The van der Waals surface area contributed by atoms with Crippen LogP contribution in [0.15, 0.2) is 12.3 Å². The topological polar surface area (TPSA) is 47.0 Å². The predicted octanol–water partition coefficient (Wildman–Crippen LogP) is 1.97. The third-order valence-corrected chi connectivity index (χ3v) is 1.78. The van der Waals surface area contributed by atoms with Gasteiger partial charge in [-0.3, -0.25) is 0 Å². The largest absolute Gasteiger partial charge is 0.382 e.